The van der Waals surface area contributed by atoms with Gasteiger partial charge < -0.3 is 15.5 Å². The summed E-state index contributed by atoms with van der Waals surface area (Å²) in [5, 5.41) is 13.4. The van der Waals surface area contributed by atoms with Crippen molar-refractivity contribution in [3.8, 4) is 11.3 Å². The van der Waals surface area contributed by atoms with E-state index < -0.39 is 5.92 Å². The second-order valence-electron chi connectivity index (χ2n) is 13.2. The summed E-state index contributed by atoms with van der Waals surface area (Å²) < 4.78 is 29.3. The summed E-state index contributed by atoms with van der Waals surface area (Å²) in [4.78, 5) is 28.9. The zero-order valence-corrected chi connectivity index (χ0v) is 27.9. The van der Waals surface area contributed by atoms with Crippen molar-refractivity contribution in [2.24, 2.45) is 0 Å². The number of nitrogens with zero attached hydrogens (tertiary/aromatic N) is 6. The highest BCUT2D eigenvalue weighted by Crippen LogP contribution is 2.35. The molecule has 3 aromatic heterocycles. The topological polar surface area (TPSA) is 100 Å². The van der Waals surface area contributed by atoms with Crippen LogP contribution < -0.4 is 10.6 Å². The highest BCUT2D eigenvalue weighted by molar-refractivity contribution is 5.97. The molecule has 11 heteroatoms. The number of anilines is 2. The standard InChI is InChI=1S/C37H42F2N8O/c1-24(2)32-23-42-47-34(32)44-35(43-28-13-16-37(38,39)17-14-28)45-36(47)41-22-27-8-5-6-10-30(27)33-31-12-11-25(20-26(31)15-18-40-33)21-29(48)9-7-19-46(3)4/h5-12,15,18,20,23-24,28H,13-14,16-17,19,21-22H2,1-4H3,(H2,41,43,44,45)/b9-7+. The Kier molecular flexibility index (Phi) is 9.77. The summed E-state index contributed by atoms with van der Waals surface area (Å²) >= 11 is 0. The van der Waals surface area contributed by atoms with E-state index in [0.717, 1.165) is 45.3 Å². The Morgan fingerprint density at radius 3 is 2.67 bits per heavy atom. The molecule has 48 heavy (non-hydrogen) atoms. The number of fused-ring (bicyclic) bond motifs is 2. The molecular weight excluding hydrogens is 610 g/mol. The van der Waals surface area contributed by atoms with Gasteiger partial charge in [0.15, 0.2) is 11.4 Å². The molecule has 0 spiro atoms. The van der Waals surface area contributed by atoms with Crippen molar-refractivity contribution >= 4 is 34.1 Å². The van der Waals surface area contributed by atoms with E-state index in [9.17, 15) is 13.6 Å². The molecule has 9 nitrogen and oxygen atoms in total. The fourth-order valence-corrected chi connectivity index (χ4v) is 6.13. The molecule has 0 unspecified atom stereocenters. The Bertz CT molecular complexity index is 1940. The molecule has 0 atom stereocenters. The van der Waals surface area contributed by atoms with Crippen molar-refractivity contribution in [2.45, 2.75) is 70.4 Å². The summed E-state index contributed by atoms with van der Waals surface area (Å²) in [7, 11) is 3.94. The summed E-state index contributed by atoms with van der Waals surface area (Å²) in [6.45, 7) is 5.32. The third-order valence-electron chi connectivity index (χ3n) is 8.76. The van der Waals surface area contributed by atoms with Crippen molar-refractivity contribution in [1.29, 1.82) is 0 Å². The molecule has 250 valence electrons. The number of allylic oxidation sites excluding steroid dienone is 1. The minimum absolute atomic E-state index is 0.0667. The Hall–Kier alpha value is -4.77. The molecule has 0 saturated heterocycles. The molecule has 2 aromatic carbocycles. The predicted molar refractivity (Wildman–Crippen MR) is 187 cm³/mol. The summed E-state index contributed by atoms with van der Waals surface area (Å²) in [6.07, 6.45) is 7.91. The fourth-order valence-electron chi connectivity index (χ4n) is 6.13. The van der Waals surface area contributed by atoms with Gasteiger partial charge in [-0.25, -0.2) is 8.78 Å². The number of likely N-dealkylation sites (N-methyl/N-ethyl adjacent to an activating group) is 1. The van der Waals surface area contributed by atoms with E-state index in [1.807, 2.05) is 55.4 Å². The molecule has 2 N–H and O–H groups in total. The number of carbonyl (C=O) groups is 1. The van der Waals surface area contributed by atoms with Gasteiger partial charge in [0.2, 0.25) is 17.8 Å². The molecule has 6 rings (SSSR count). The first-order chi connectivity index (χ1) is 23.1. The first kappa shape index (κ1) is 33.1. The van der Waals surface area contributed by atoms with Gasteiger partial charge in [-0.15, -0.1) is 0 Å². The van der Waals surface area contributed by atoms with Crippen LogP contribution in [0.5, 0.6) is 0 Å². The van der Waals surface area contributed by atoms with Gasteiger partial charge in [-0.1, -0.05) is 62.4 Å². The fraction of sp³-hybridized carbons (Fsp3) is 0.378. The second kappa shape index (κ2) is 14.1. The van der Waals surface area contributed by atoms with Crippen molar-refractivity contribution < 1.29 is 13.6 Å². The quantitative estimate of drug-likeness (QED) is 0.136. The van der Waals surface area contributed by atoms with E-state index in [1.165, 1.54) is 0 Å². The van der Waals surface area contributed by atoms with Gasteiger partial charge in [-0.3, -0.25) is 9.78 Å². The number of halogens is 2. The SMILES string of the molecule is CC(C)c1cnn2c(NCc3ccccc3-c3nccc4cc(CC(=O)/C=C/CN(C)C)ccc34)nc(NC3CCC(F)(F)CC3)nc12. The first-order valence-corrected chi connectivity index (χ1v) is 16.5. The van der Waals surface area contributed by atoms with E-state index in [2.05, 4.69) is 47.8 Å². The van der Waals surface area contributed by atoms with Crippen LogP contribution in [0.1, 0.15) is 62.1 Å². The van der Waals surface area contributed by atoms with Gasteiger partial charge in [0, 0.05) is 61.1 Å². The molecule has 0 radical (unpaired) electrons. The van der Waals surface area contributed by atoms with Gasteiger partial charge in [0.25, 0.3) is 0 Å². The van der Waals surface area contributed by atoms with Crippen LogP contribution in [-0.2, 0) is 17.8 Å². The van der Waals surface area contributed by atoms with E-state index in [1.54, 1.807) is 23.0 Å². The third kappa shape index (κ3) is 7.68. The molecule has 3 heterocycles. The van der Waals surface area contributed by atoms with Gasteiger partial charge in [-0.05, 0) is 61.5 Å². The number of hydrogen-bond donors (Lipinski definition) is 2. The molecule has 0 bridgehead atoms. The Balaban J connectivity index is 1.26. The van der Waals surface area contributed by atoms with E-state index in [4.69, 9.17) is 15.0 Å². The van der Waals surface area contributed by atoms with Crippen LogP contribution in [0.15, 0.2) is 73.1 Å². The lowest BCUT2D eigenvalue weighted by molar-refractivity contribution is -0.114. The van der Waals surface area contributed by atoms with Crippen molar-refractivity contribution in [3.63, 3.8) is 0 Å². The zero-order valence-electron chi connectivity index (χ0n) is 27.9. The molecule has 1 fully saturated rings. The van der Waals surface area contributed by atoms with Crippen molar-refractivity contribution in [3.05, 3.63) is 89.8 Å². The second-order valence-corrected chi connectivity index (χ2v) is 13.2. The minimum atomic E-state index is -2.61. The number of rotatable bonds is 12. The summed E-state index contributed by atoms with van der Waals surface area (Å²) in [5.74, 6) is -1.46. The number of carbonyl (C=O) groups excluding carboxylic acids is 1. The smallest absolute Gasteiger partial charge is 0.248 e. The summed E-state index contributed by atoms with van der Waals surface area (Å²) in [5.41, 5.74) is 5.44. The first-order valence-electron chi connectivity index (χ1n) is 16.5. The molecule has 5 aromatic rings. The molecule has 1 aliphatic rings. The van der Waals surface area contributed by atoms with Gasteiger partial charge >= 0.3 is 0 Å². The largest absolute Gasteiger partial charge is 0.351 e. The van der Waals surface area contributed by atoms with Gasteiger partial charge in [-0.2, -0.15) is 19.6 Å². The maximum Gasteiger partial charge on any atom is 0.248 e. The Labute approximate surface area is 279 Å². The lowest BCUT2D eigenvalue weighted by Crippen LogP contribution is -2.32. The maximum atomic E-state index is 13.8. The molecule has 0 amide bonds. The highest BCUT2D eigenvalue weighted by atomic mass is 19.3. The number of alkyl halides is 2. The van der Waals surface area contributed by atoms with Crippen LogP contribution in [0.3, 0.4) is 0 Å². The van der Waals surface area contributed by atoms with Crippen LogP contribution in [-0.4, -0.2) is 67.9 Å². The average Bonchev–Trinajstić information content (AvgIpc) is 3.49. The van der Waals surface area contributed by atoms with Crippen LogP contribution in [0.4, 0.5) is 20.7 Å². The maximum absolute atomic E-state index is 13.8. The van der Waals surface area contributed by atoms with Crippen LogP contribution >= 0.6 is 0 Å². The van der Waals surface area contributed by atoms with E-state index in [0.29, 0.717) is 43.4 Å². The minimum Gasteiger partial charge on any atom is -0.351 e. The third-order valence-corrected chi connectivity index (χ3v) is 8.76. The van der Waals surface area contributed by atoms with Crippen LogP contribution in [0.2, 0.25) is 0 Å². The van der Waals surface area contributed by atoms with Crippen molar-refractivity contribution in [2.75, 3.05) is 31.3 Å². The van der Waals surface area contributed by atoms with E-state index in [-0.39, 0.29) is 30.6 Å². The molecule has 1 aliphatic carbocycles. The number of aromatic nitrogens is 5. The number of benzene rings is 2. The van der Waals surface area contributed by atoms with Gasteiger partial charge in [0.1, 0.15) is 0 Å². The molecular formula is C37H42F2N8O. The lowest BCUT2D eigenvalue weighted by Gasteiger charge is -2.28. The summed E-state index contributed by atoms with van der Waals surface area (Å²) in [6, 6.07) is 16.0. The van der Waals surface area contributed by atoms with Crippen LogP contribution in [0.25, 0.3) is 27.7 Å². The molecule has 0 aliphatic heterocycles. The monoisotopic (exact) mass is 652 g/mol. The van der Waals surface area contributed by atoms with Gasteiger partial charge in [0.05, 0.1) is 11.9 Å². The normalized spacial score (nSPS) is 15.2. The lowest BCUT2D eigenvalue weighted by atomic mass is 9.92. The number of ketones is 1. The Morgan fingerprint density at radius 1 is 1.10 bits per heavy atom. The zero-order chi connectivity index (χ0) is 33.8. The predicted octanol–water partition coefficient (Wildman–Crippen LogP) is 7.29. The van der Waals surface area contributed by atoms with Crippen LogP contribution in [0, 0.1) is 0 Å². The Morgan fingerprint density at radius 2 is 1.90 bits per heavy atom. The average molecular weight is 653 g/mol. The van der Waals surface area contributed by atoms with Crippen molar-refractivity contribution in [1.82, 2.24) is 29.5 Å². The number of nitrogens with one attached hydrogen (secondary N) is 2. The highest BCUT2D eigenvalue weighted by Gasteiger charge is 2.35. The van der Waals surface area contributed by atoms with E-state index >= 15 is 0 Å². The number of pyridine rings is 1. The molecule has 1 saturated carbocycles. The number of hydrogen-bond acceptors (Lipinski definition) is 8.